The molecular weight excluding hydrogens is 256 g/mol. The summed E-state index contributed by atoms with van der Waals surface area (Å²) in [6.07, 6.45) is 2.70. The molecule has 6 nitrogen and oxygen atoms in total. The highest BCUT2D eigenvalue weighted by atomic mass is 16.1. The normalized spacial score (nSPS) is 12.9. The van der Waals surface area contributed by atoms with Gasteiger partial charge in [-0.1, -0.05) is 32.9 Å². The summed E-state index contributed by atoms with van der Waals surface area (Å²) in [4.78, 5) is 22.9. The highest BCUT2D eigenvalue weighted by Crippen LogP contribution is 2.15. The summed E-state index contributed by atoms with van der Waals surface area (Å²) < 4.78 is 1.67. The van der Waals surface area contributed by atoms with Crippen LogP contribution in [-0.4, -0.2) is 26.7 Å². The standard InChI is InChI=1S/C14H24N4O2/c1-9(2)12(14(15)20)5-6-18-8-11(16-17-18)7-13(19)10(3)4/h8-10,12H,5-7H2,1-4H3,(H2,15,20). The van der Waals surface area contributed by atoms with Gasteiger partial charge in [0.1, 0.15) is 5.78 Å². The number of aryl methyl sites for hydroxylation is 1. The van der Waals surface area contributed by atoms with Crippen LogP contribution in [0.2, 0.25) is 0 Å². The molecule has 0 radical (unpaired) electrons. The van der Waals surface area contributed by atoms with Gasteiger partial charge < -0.3 is 5.73 Å². The van der Waals surface area contributed by atoms with Crippen LogP contribution in [0.4, 0.5) is 0 Å². The zero-order valence-corrected chi connectivity index (χ0v) is 12.7. The molecule has 0 aliphatic heterocycles. The number of carbonyl (C=O) groups excluding carboxylic acids is 2. The van der Waals surface area contributed by atoms with Gasteiger partial charge in [-0.15, -0.1) is 5.10 Å². The molecule has 1 unspecified atom stereocenters. The van der Waals surface area contributed by atoms with E-state index in [1.165, 1.54) is 0 Å². The lowest BCUT2D eigenvalue weighted by atomic mass is 9.92. The Hall–Kier alpha value is -1.72. The Labute approximate surface area is 119 Å². The molecule has 1 heterocycles. The fourth-order valence-corrected chi connectivity index (χ4v) is 1.99. The topological polar surface area (TPSA) is 90.9 Å². The van der Waals surface area contributed by atoms with Gasteiger partial charge in [0.15, 0.2) is 0 Å². The third-order valence-electron chi connectivity index (χ3n) is 3.42. The van der Waals surface area contributed by atoms with E-state index in [0.29, 0.717) is 25.1 Å². The minimum absolute atomic E-state index is 0.000308. The number of aromatic nitrogens is 3. The van der Waals surface area contributed by atoms with E-state index in [9.17, 15) is 9.59 Å². The van der Waals surface area contributed by atoms with Crippen LogP contribution in [0.3, 0.4) is 0 Å². The van der Waals surface area contributed by atoms with Crippen molar-refractivity contribution in [3.63, 3.8) is 0 Å². The molecule has 0 bridgehead atoms. The van der Waals surface area contributed by atoms with Gasteiger partial charge >= 0.3 is 0 Å². The highest BCUT2D eigenvalue weighted by Gasteiger charge is 2.19. The van der Waals surface area contributed by atoms with Crippen molar-refractivity contribution in [1.82, 2.24) is 15.0 Å². The number of primary amides is 1. The molecule has 0 saturated heterocycles. The highest BCUT2D eigenvalue weighted by molar-refractivity contribution is 5.82. The monoisotopic (exact) mass is 280 g/mol. The van der Waals surface area contributed by atoms with E-state index in [2.05, 4.69) is 10.3 Å². The van der Waals surface area contributed by atoms with Gasteiger partial charge in [-0.3, -0.25) is 14.3 Å². The lowest BCUT2D eigenvalue weighted by molar-refractivity contribution is -0.123. The minimum atomic E-state index is -0.282. The quantitative estimate of drug-likeness (QED) is 0.774. The van der Waals surface area contributed by atoms with E-state index < -0.39 is 0 Å². The Balaban J connectivity index is 2.56. The first-order valence-corrected chi connectivity index (χ1v) is 7.02. The van der Waals surface area contributed by atoms with Crippen LogP contribution in [0.15, 0.2) is 6.20 Å². The van der Waals surface area contributed by atoms with E-state index >= 15 is 0 Å². The molecule has 1 atom stereocenters. The number of amides is 1. The Bertz CT molecular complexity index is 465. The van der Waals surface area contributed by atoms with Crippen LogP contribution < -0.4 is 5.73 Å². The van der Waals surface area contributed by atoms with Crippen molar-refractivity contribution < 1.29 is 9.59 Å². The first kappa shape index (κ1) is 16.3. The van der Waals surface area contributed by atoms with Gasteiger partial charge in [0.25, 0.3) is 0 Å². The smallest absolute Gasteiger partial charge is 0.220 e. The van der Waals surface area contributed by atoms with E-state index in [4.69, 9.17) is 5.73 Å². The Morgan fingerprint density at radius 3 is 2.45 bits per heavy atom. The zero-order chi connectivity index (χ0) is 15.3. The molecular formula is C14H24N4O2. The lowest BCUT2D eigenvalue weighted by Gasteiger charge is -2.16. The summed E-state index contributed by atoms with van der Waals surface area (Å²) in [6.45, 7) is 8.27. The Morgan fingerprint density at radius 2 is 1.95 bits per heavy atom. The second-order valence-corrected chi connectivity index (χ2v) is 5.81. The molecule has 20 heavy (non-hydrogen) atoms. The van der Waals surface area contributed by atoms with Crippen LogP contribution in [0, 0.1) is 17.8 Å². The van der Waals surface area contributed by atoms with Crippen LogP contribution in [0.25, 0.3) is 0 Å². The number of carbonyl (C=O) groups is 2. The molecule has 0 aromatic carbocycles. The average molecular weight is 280 g/mol. The van der Waals surface area contributed by atoms with Gasteiger partial charge in [0.05, 0.1) is 12.1 Å². The molecule has 1 rings (SSSR count). The fourth-order valence-electron chi connectivity index (χ4n) is 1.99. The maximum absolute atomic E-state index is 11.6. The zero-order valence-electron chi connectivity index (χ0n) is 12.7. The van der Waals surface area contributed by atoms with Crippen molar-refractivity contribution in [2.45, 2.75) is 47.1 Å². The van der Waals surface area contributed by atoms with Gasteiger partial charge in [0, 0.05) is 24.6 Å². The van der Waals surface area contributed by atoms with Gasteiger partial charge in [-0.25, -0.2) is 0 Å². The molecule has 0 spiro atoms. The Kier molecular flexibility index (Phi) is 5.85. The maximum atomic E-state index is 11.6. The summed E-state index contributed by atoms with van der Waals surface area (Å²) in [5.41, 5.74) is 6.05. The SMILES string of the molecule is CC(C)C(=O)Cc1cn(CCC(C(N)=O)C(C)C)nn1. The number of ketones is 1. The number of rotatable bonds is 8. The van der Waals surface area contributed by atoms with E-state index in [1.807, 2.05) is 27.7 Å². The molecule has 0 saturated carbocycles. The van der Waals surface area contributed by atoms with Crippen molar-refractivity contribution >= 4 is 11.7 Å². The average Bonchev–Trinajstić information content (AvgIpc) is 2.75. The van der Waals surface area contributed by atoms with Crippen molar-refractivity contribution in [3.8, 4) is 0 Å². The summed E-state index contributed by atoms with van der Waals surface area (Å²) in [6, 6.07) is 0. The summed E-state index contributed by atoms with van der Waals surface area (Å²) in [7, 11) is 0. The van der Waals surface area contributed by atoms with Crippen LogP contribution >= 0.6 is 0 Å². The number of nitrogens with zero attached hydrogens (tertiary/aromatic N) is 3. The number of hydrogen-bond acceptors (Lipinski definition) is 4. The lowest BCUT2D eigenvalue weighted by Crippen LogP contribution is -2.28. The van der Waals surface area contributed by atoms with Gasteiger partial charge in [0.2, 0.25) is 5.91 Å². The summed E-state index contributed by atoms with van der Waals surface area (Å²) in [5, 5.41) is 7.96. The van der Waals surface area contributed by atoms with Crippen molar-refractivity contribution in [2.24, 2.45) is 23.5 Å². The molecule has 1 aromatic heterocycles. The predicted molar refractivity (Wildman–Crippen MR) is 75.7 cm³/mol. The van der Waals surface area contributed by atoms with E-state index in [1.54, 1.807) is 10.9 Å². The van der Waals surface area contributed by atoms with Crippen molar-refractivity contribution in [1.29, 1.82) is 0 Å². The second kappa shape index (κ2) is 7.17. The number of nitrogens with two attached hydrogens (primary N) is 1. The number of hydrogen-bond donors (Lipinski definition) is 1. The largest absolute Gasteiger partial charge is 0.369 e. The second-order valence-electron chi connectivity index (χ2n) is 5.81. The van der Waals surface area contributed by atoms with E-state index in [-0.39, 0.29) is 29.4 Å². The Morgan fingerprint density at radius 1 is 1.30 bits per heavy atom. The molecule has 1 aromatic rings. The molecule has 0 aliphatic carbocycles. The molecule has 0 fully saturated rings. The van der Waals surface area contributed by atoms with Crippen LogP contribution in [-0.2, 0) is 22.6 Å². The summed E-state index contributed by atoms with van der Waals surface area (Å²) in [5.74, 6) is -0.0946. The molecule has 2 N–H and O–H groups in total. The number of Topliss-reactive ketones (excluding diaryl/α,β-unsaturated/α-hetero) is 1. The van der Waals surface area contributed by atoms with Crippen LogP contribution in [0.5, 0.6) is 0 Å². The first-order chi connectivity index (χ1) is 9.31. The fraction of sp³-hybridized carbons (Fsp3) is 0.714. The third-order valence-corrected chi connectivity index (χ3v) is 3.42. The molecule has 6 heteroatoms. The molecule has 0 aliphatic rings. The third kappa shape index (κ3) is 4.75. The van der Waals surface area contributed by atoms with Crippen LogP contribution in [0.1, 0.15) is 39.8 Å². The van der Waals surface area contributed by atoms with Crippen molar-refractivity contribution in [3.05, 3.63) is 11.9 Å². The summed E-state index contributed by atoms with van der Waals surface area (Å²) >= 11 is 0. The minimum Gasteiger partial charge on any atom is -0.369 e. The molecule has 1 amide bonds. The van der Waals surface area contributed by atoms with Gasteiger partial charge in [-0.05, 0) is 12.3 Å². The maximum Gasteiger partial charge on any atom is 0.220 e. The van der Waals surface area contributed by atoms with Gasteiger partial charge in [-0.2, -0.15) is 0 Å². The van der Waals surface area contributed by atoms with E-state index in [0.717, 1.165) is 0 Å². The first-order valence-electron chi connectivity index (χ1n) is 7.02. The van der Waals surface area contributed by atoms with Crippen molar-refractivity contribution in [2.75, 3.05) is 0 Å². The molecule has 112 valence electrons. The predicted octanol–water partition coefficient (Wildman–Crippen LogP) is 1.19.